The summed E-state index contributed by atoms with van der Waals surface area (Å²) < 4.78 is 10.2. The van der Waals surface area contributed by atoms with Gasteiger partial charge in [0, 0.05) is 13.0 Å². The van der Waals surface area contributed by atoms with Crippen LogP contribution in [0.5, 0.6) is 0 Å². The predicted molar refractivity (Wildman–Crippen MR) is 54.9 cm³/mol. The van der Waals surface area contributed by atoms with Gasteiger partial charge in [-0.3, -0.25) is 4.79 Å². The monoisotopic (exact) mass is 228 g/mol. The van der Waals surface area contributed by atoms with Gasteiger partial charge in [0.1, 0.15) is 0 Å². The standard InChI is InChI=1S/C10H16N2O4/c1-15-10(14)12-4-5-16-8(6-12)7-2-3-9(13)11-7/h7-8H,2-6H2,1H3,(H,11,13)/t7?,8-/m0/s1. The topological polar surface area (TPSA) is 67.9 Å². The highest BCUT2D eigenvalue weighted by molar-refractivity contribution is 5.78. The highest BCUT2D eigenvalue weighted by Crippen LogP contribution is 2.17. The lowest BCUT2D eigenvalue weighted by Crippen LogP contribution is -2.52. The van der Waals surface area contributed by atoms with Crippen molar-refractivity contribution in [2.75, 3.05) is 26.8 Å². The molecule has 1 N–H and O–H groups in total. The first kappa shape index (κ1) is 11.2. The number of ether oxygens (including phenoxy) is 2. The van der Waals surface area contributed by atoms with E-state index in [1.807, 2.05) is 0 Å². The molecule has 2 aliphatic rings. The number of carbonyl (C=O) groups is 2. The molecule has 0 aromatic rings. The zero-order valence-corrected chi connectivity index (χ0v) is 9.27. The Labute approximate surface area is 93.9 Å². The summed E-state index contributed by atoms with van der Waals surface area (Å²) in [5.41, 5.74) is 0. The Kier molecular flexibility index (Phi) is 3.28. The summed E-state index contributed by atoms with van der Waals surface area (Å²) in [5.74, 6) is 0.0591. The van der Waals surface area contributed by atoms with Crippen LogP contribution in [0.2, 0.25) is 0 Å². The maximum absolute atomic E-state index is 11.4. The van der Waals surface area contributed by atoms with Crippen LogP contribution < -0.4 is 5.32 Å². The summed E-state index contributed by atoms with van der Waals surface area (Å²) in [5, 5.41) is 2.86. The molecule has 2 rings (SSSR count). The van der Waals surface area contributed by atoms with Crippen LogP contribution in [0, 0.1) is 0 Å². The molecule has 2 heterocycles. The van der Waals surface area contributed by atoms with Crippen LogP contribution in [-0.2, 0) is 14.3 Å². The van der Waals surface area contributed by atoms with Crippen LogP contribution in [0.1, 0.15) is 12.8 Å². The van der Waals surface area contributed by atoms with Gasteiger partial charge in [-0.25, -0.2) is 4.79 Å². The number of hydrogen-bond acceptors (Lipinski definition) is 4. The minimum absolute atomic E-state index is 0.0277. The summed E-state index contributed by atoms with van der Waals surface area (Å²) in [7, 11) is 1.37. The fraction of sp³-hybridized carbons (Fsp3) is 0.800. The molecule has 0 aromatic carbocycles. The van der Waals surface area contributed by atoms with Gasteiger partial charge in [-0.05, 0) is 6.42 Å². The van der Waals surface area contributed by atoms with Crippen molar-refractivity contribution in [1.82, 2.24) is 10.2 Å². The number of methoxy groups -OCH3 is 1. The average molecular weight is 228 g/mol. The van der Waals surface area contributed by atoms with Crippen LogP contribution in [0.4, 0.5) is 4.79 Å². The van der Waals surface area contributed by atoms with E-state index in [1.54, 1.807) is 4.90 Å². The lowest BCUT2D eigenvalue weighted by Gasteiger charge is -2.34. The maximum Gasteiger partial charge on any atom is 0.409 e. The normalized spacial score (nSPS) is 30.1. The second kappa shape index (κ2) is 4.69. The van der Waals surface area contributed by atoms with E-state index >= 15 is 0 Å². The molecular formula is C10H16N2O4. The van der Waals surface area contributed by atoms with Crippen LogP contribution >= 0.6 is 0 Å². The fourth-order valence-corrected chi connectivity index (χ4v) is 2.13. The molecule has 0 saturated carbocycles. The number of carbonyl (C=O) groups excluding carboxylic acids is 2. The molecule has 6 nitrogen and oxygen atoms in total. The molecule has 0 aromatic heterocycles. The van der Waals surface area contributed by atoms with Gasteiger partial charge in [0.05, 0.1) is 32.4 Å². The first-order valence-electron chi connectivity index (χ1n) is 5.44. The molecule has 2 amide bonds. The van der Waals surface area contributed by atoms with Gasteiger partial charge >= 0.3 is 6.09 Å². The minimum atomic E-state index is -0.336. The largest absolute Gasteiger partial charge is 0.453 e. The molecule has 1 unspecified atom stereocenters. The minimum Gasteiger partial charge on any atom is -0.453 e. The molecule has 6 heteroatoms. The quantitative estimate of drug-likeness (QED) is 0.671. The van der Waals surface area contributed by atoms with Crippen molar-refractivity contribution in [3.8, 4) is 0 Å². The number of morpholine rings is 1. The van der Waals surface area contributed by atoms with E-state index < -0.39 is 0 Å². The maximum atomic E-state index is 11.4. The molecule has 0 spiro atoms. The van der Waals surface area contributed by atoms with E-state index in [-0.39, 0.29) is 24.1 Å². The Morgan fingerprint density at radius 1 is 1.62 bits per heavy atom. The van der Waals surface area contributed by atoms with Crippen LogP contribution in [0.3, 0.4) is 0 Å². The summed E-state index contributed by atoms with van der Waals surface area (Å²) in [6, 6.07) is 0.0277. The molecular weight excluding hydrogens is 212 g/mol. The number of rotatable bonds is 1. The summed E-state index contributed by atoms with van der Waals surface area (Å²) in [6.07, 6.45) is 0.873. The second-order valence-electron chi connectivity index (χ2n) is 4.04. The van der Waals surface area contributed by atoms with Gasteiger partial charge in [0.25, 0.3) is 0 Å². The predicted octanol–water partition coefficient (Wildman–Crippen LogP) is -0.268. The fourth-order valence-electron chi connectivity index (χ4n) is 2.13. The van der Waals surface area contributed by atoms with E-state index in [9.17, 15) is 9.59 Å². The summed E-state index contributed by atoms with van der Waals surface area (Å²) in [4.78, 5) is 24.1. The van der Waals surface area contributed by atoms with Crippen molar-refractivity contribution in [1.29, 1.82) is 0 Å². The summed E-state index contributed by atoms with van der Waals surface area (Å²) >= 11 is 0. The van der Waals surface area contributed by atoms with Gasteiger partial charge in [-0.15, -0.1) is 0 Å². The Morgan fingerprint density at radius 2 is 2.44 bits per heavy atom. The van der Waals surface area contributed by atoms with E-state index in [0.29, 0.717) is 26.1 Å². The van der Waals surface area contributed by atoms with Crippen molar-refractivity contribution in [2.24, 2.45) is 0 Å². The zero-order chi connectivity index (χ0) is 11.5. The first-order chi connectivity index (χ1) is 7.70. The molecule has 0 bridgehead atoms. The van der Waals surface area contributed by atoms with Gasteiger partial charge in [0.15, 0.2) is 0 Å². The molecule has 2 saturated heterocycles. The Bertz CT molecular complexity index is 295. The van der Waals surface area contributed by atoms with Gasteiger partial charge in [-0.2, -0.15) is 0 Å². The van der Waals surface area contributed by atoms with Crippen molar-refractivity contribution in [2.45, 2.75) is 25.0 Å². The van der Waals surface area contributed by atoms with Gasteiger partial charge in [-0.1, -0.05) is 0 Å². The van der Waals surface area contributed by atoms with Crippen LogP contribution in [0.15, 0.2) is 0 Å². The molecule has 2 aliphatic heterocycles. The summed E-state index contributed by atoms with van der Waals surface area (Å²) in [6.45, 7) is 1.52. The Balaban J connectivity index is 1.91. The average Bonchev–Trinajstić information content (AvgIpc) is 2.75. The third kappa shape index (κ3) is 2.27. The third-order valence-electron chi connectivity index (χ3n) is 3.00. The Hall–Kier alpha value is -1.30. The van der Waals surface area contributed by atoms with Crippen LogP contribution in [0.25, 0.3) is 0 Å². The smallest absolute Gasteiger partial charge is 0.409 e. The molecule has 0 radical (unpaired) electrons. The Morgan fingerprint density at radius 3 is 3.06 bits per heavy atom. The number of hydrogen-bond donors (Lipinski definition) is 1. The molecule has 2 fully saturated rings. The van der Waals surface area contributed by atoms with Gasteiger partial charge in [0.2, 0.25) is 5.91 Å². The second-order valence-corrected chi connectivity index (χ2v) is 4.04. The van der Waals surface area contributed by atoms with E-state index in [2.05, 4.69) is 10.1 Å². The zero-order valence-electron chi connectivity index (χ0n) is 9.27. The van der Waals surface area contributed by atoms with Crippen molar-refractivity contribution in [3.63, 3.8) is 0 Å². The SMILES string of the molecule is COC(=O)N1CCO[C@H](C2CCC(=O)N2)C1. The number of amides is 2. The molecule has 2 atom stereocenters. The van der Waals surface area contributed by atoms with Crippen molar-refractivity contribution >= 4 is 12.0 Å². The number of nitrogens with one attached hydrogen (secondary N) is 1. The van der Waals surface area contributed by atoms with Crippen molar-refractivity contribution < 1.29 is 19.1 Å². The lowest BCUT2D eigenvalue weighted by atomic mass is 10.1. The highest BCUT2D eigenvalue weighted by atomic mass is 16.5. The van der Waals surface area contributed by atoms with Crippen molar-refractivity contribution in [3.05, 3.63) is 0 Å². The third-order valence-corrected chi connectivity index (χ3v) is 3.00. The highest BCUT2D eigenvalue weighted by Gasteiger charge is 2.34. The first-order valence-corrected chi connectivity index (χ1v) is 5.44. The molecule has 0 aliphatic carbocycles. The van der Waals surface area contributed by atoms with E-state index in [1.165, 1.54) is 7.11 Å². The van der Waals surface area contributed by atoms with Gasteiger partial charge < -0.3 is 19.7 Å². The number of nitrogens with zero attached hydrogens (tertiary/aromatic N) is 1. The van der Waals surface area contributed by atoms with E-state index in [4.69, 9.17) is 4.74 Å². The molecule has 90 valence electrons. The lowest BCUT2D eigenvalue weighted by molar-refractivity contribution is -0.120. The van der Waals surface area contributed by atoms with E-state index in [0.717, 1.165) is 6.42 Å². The molecule has 16 heavy (non-hydrogen) atoms. The van der Waals surface area contributed by atoms with Crippen LogP contribution in [-0.4, -0.2) is 55.9 Å².